The van der Waals surface area contributed by atoms with E-state index in [0.717, 1.165) is 11.3 Å². The topological polar surface area (TPSA) is 94.2 Å². The first-order valence-corrected chi connectivity index (χ1v) is 9.96. The van der Waals surface area contributed by atoms with E-state index in [1.807, 2.05) is 6.07 Å². The van der Waals surface area contributed by atoms with Crippen LogP contribution in [-0.4, -0.2) is 28.0 Å². The fourth-order valence-corrected chi connectivity index (χ4v) is 3.88. The van der Waals surface area contributed by atoms with Crippen LogP contribution in [0, 0.1) is 20.8 Å². The Morgan fingerprint density at radius 1 is 1.23 bits per heavy atom. The van der Waals surface area contributed by atoms with Crippen LogP contribution in [0.2, 0.25) is 5.02 Å². The standard InChI is InChI=1S/C21H24ClF2N3O3/c1-10-4-11(2)27-20(30)15(10)8-26-19(29)14-5-17(22)16(18(28)12(14)3)9-25-13-6-21(23,24)7-13/h4-5,13,25,28H,6-9H2,1-3H3,(H,26,29)(H,27,30). The second-order valence-electron chi connectivity index (χ2n) is 7.83. The number of H-pyrrole nitrogens is 1. The lowest BCUT2D eigenvalue weighted by molar-refractivity contribution is -0.0930. The van der Waals surface area contributed by atoms with Crippen LogP contribution in [0.1, 0.15) is 51.1 Å². The molecule has 0 aliphatic heterocycles. The molecule has 0 radical (unpaired) electrons. The van der Waals surface area contributed by atoms with Crippen molar-refractivity contribution in [3.63, 3.8) is 0 Å². The molecule has 1 aromatic heterocycles. The van der Waals surface area contributed by atoms with E-state index < -0.39 is 11.8 Å². The Bertz CT molecular complexity index is 1040. The first-order valence-electron chi connectivity index (χ1n) is 9.58. The highest BCUT2D eigenvalue weighted by Gasteiger charge is 2.45. The van der Waals surface area contributed by atoms with Crippen LogP contribution in [-0.2, 0) is 13.1 Å². The number of hydrogen-bond donors (Lipinski definition) is 4. The fraction of sp³-hybridized carbons (Fsp3) is 0.429. The van der Waals surface area contributed by atoms with Crippen molar-refractivity contribution in [2.24, 2.45) is 0 Å². The van der Waals surface area contributed by atoms with Gasteiger partial charge in [-0.3, -0.25) is 9.59 Å². The molecule has 6 nitrogen and oxygen atoms in total. The zero-order valence-corrected chi connectivity index (χ0v) is 17.7. The lowest BCUT2D eigenvalue weighted by atomic mass is 9.88. The molecule has 1 aromatic carbocycles. The molecular weight excluding hydrogens is 416 g/mol. The number of aromatic nitrogens is 1. The average Bonchev–Trinajstić information content (AvgIpc) is 2.61. The highest BCUT2D eigenvalue weighted by atomic mass is 35.5. The fourth-order valence-electron chi connectivity index (χ4n) is 3.61. The number of benzene rings is 1. The first kappa shape index (κ1) is 22.2. The summed E-state index contributed by atoms with van der Waals surface area (Å²) < 4.78 is 25.9. The Balaban J connectivity index is 1.72. The Labute approximate surface area is 177 Å². The van der Waals surface area contributed by atoms with Crippen molar-refractivity contribution in [3.05, 3.63) is 61.0 Å². The maximum absolute atomic E-state index is 13.0. The van der Waals surface area contributed by atoms with Gasteiger partial charge in [-0.2, -0.15) is 0 Å². The van der Waals surface area contributed by atoms with Gasteiger partial charge in [0.15, 0.2) is 0 Å². The van der Waals surface area contributed by atoms with E-state index in [1.54, 1.807) is 20.8 Å². The van der Waals surface area contributed by atoms with Crippen LogP contribution in [0.3, 0.4) is 0 Å². The van der Waals surface area contributed by atoms with Crippen molar-refractivity contribution in [2.45, 2.75) is 58.7 Å². The lowest BCUT2D eigenvalue weighted by Gasteiger charge is -2.35. The summed E-state index contributed by atoms with van der Waals surface area (Å²) in [4.78, 5) is 27.4. The third-order valence-corrected chi connectivity index (χ3v) is 5.76. The molecule has 1 saturated carbocycles. The molecule has 162 valence electrons. The second kappa shape index (κ2) is 8.35. The molecule has 4 N–H and O–H groups in total. The smallest absolute Gasteiger partial charge is 0.253 e. The lowest BCUT2D eigenvalue weighted by Crippen LogP contribution is -2.48. The Morgan fingerprint density at radius 3 is 2.50 bits per heavy atom. The molecule has 9 heteroatoms. The average molecular weight is 440 g/mol. The molecule has 1 heterocycles. The minimum atomic E-state index is -2.64. The van der Waals surface area contributed by atoms with E-state index in [9.17, 15) is 23.5 Å². The van der Waals surface area contributed by atoms with Crippen LogP contribution >= 0.6 is 11.6 Å². The third-order valence-electron chi connectivity index (χ3n) is 5.43. The van der Waals surface area contributed by atoms with E-state index in [4.69, 9.17) is 11.6 Å². The maximum atomic E-state index is 13.0. The Hall–Kier alpha value is -2.45. The number of aromatic amines is 1. The van der Waals surface area contributed by atoms with Crippen molar-refractivity contribution >= 4 is 17.5 Å². The molecule has 1 aliphatic carbocycles. The molecule has 1 fully saturated rings. The van der Waals surface area contributed by atoms with Crippen LogP contribution in [0.5, 0.6) is 5.75 Å². The van der Waals surface area contributed by atoms with Crippen molar-refractivity contribution < 1.29 is 18.7 Å². The number of halogens is 3. The van der Waals surface area contributed by atoms with E-state index in [2.05, 4.69) is 15.6 Å². The molecule has 0 unspecified atom stereocenters. The summed E-state index contributed by atoms with van der Waals surface area (Å²) in [7, 11) is 0. The number of pyridine rings is 1. The number of phenolic OH excluding ortho intramolecular Hbond substituents is 1. The molecule has 0 saturated heterocycles. The number of nitrogens with one attached hydrogen (secondary N) is 3. The quantitative estimate of drug-likeness (QED) is 0.554. The largest absolute Gasteiger partial charge is 0.507 e. The number of rotatable bonds is 6. The summed E-state index contributed by atoms with van der Waals surface area (Å²) >= 11 is 6.25. The highest BCUT2D eigenvalue weighted by molar-refractivity contribution is 6.32. The summed E-state index contributed by atoms with van der Waals surface area (Å²) in [5, 5.41) is 16.3. The molecule has 1 amide bonds. The second-order valence-corrected chi connectivity index (χ2v) is 8.23. The van der Waals surface area contributed by atoms with Crippen LogP contribution in [0.25, 0.3) is 0 Å². The number of alkyl halides is 2. The monoisotopic (exact) mass is 439 g/mol. The van der Waals surface area contributed by atoms with Crippen LogP contribution in [0.15, 0.2) is 16.9 Å². The number of amides is 1. The van der Waals surface area contributed by atoms with E-state index in [-0.39, 0.29) is 53.9 Å². The van der Waals surface area contributed by atoms with Gasteiger partial charge in [-0.05, 0) is 38.5 Å². The summed E-state index contributed by atoms with van der Waals surface area (Å²) in [5.74, 6) is -3.28. The van der Waals surface area contributed by atoms with Crippen molar-refractivity contribution in [1.29, 1.82) is 0 Å². The molecular formula is C21H24ClF2N3O3. The zero-order chi connectivity index (χ0) is 22.2. The van der Waals surface area contributed by atoms with Gasteiger partial charge in [0.25, 0.3) is 17.4 Å². The van der Waals surface area contributed by atoms with Crippen molar-refractivity contribution in [2.75, 3.05) is 0 Å². The number of phenols is 1. The van der Waals surface area contributed by atoms with Crippen molar-refractivity contribution in [3.8, 4) is 5.75 Å². The number of carbonyl (C=O) groups is 1. The molecule has 0 atom stereocenters. The Morgan fingerprint density at radius 2 is 1.90 bits per heavy atom. The highest BCUT2D eigenvalue weighted by Crippen LogP contribution is 2.38. The normalized spacial score (nSPS) is 15.7. The van der Waals surface area contributed by atoms with Gasteiger partial charge in [-0.1, -0.05) is 11.6 Å². The van der Waals surface area contributed by atoms with E-state index in [0.29, 0.717) is 16.7 Å². The molecule has 3 rings (SSSR count). The van der Waals surface area contributed by atoms with E-state index >= 15 is 0 Å². The van der Waals surface area contributed by atoms with Gasteiger partial charge < -0.3 is 20.7 Å². The van der Waals surface area contributed by atoms with Gasteiger partial charge >= 0.3 is 0 Å². The van der Waals surface area contributed by atoms with Gasteiger partial charge in [0.05, 0.1) is 0 Å². The predicted molar refractivity (Wildman–Crippen MR) is 110 cm³/mol. The minimum absolute atomic E-state index is 0.0251. The number of aromatic hydroxyl groups is 1. The summed E-state index contributed by atoms with van der Waals surface area (Å²) in [5.41, 5.74) is 2.52. The van der Waals surface area contributed by atoms with Gasteiger partial charge in [0.2, 0.25) is 0 Å². The summed E-state index contributed by atoms with van der Waals surface area (Å²) in [6.45, 7) is 5.28. The predicted octanol–water partition coefficient (Wildman–Crippen LogP) is 3.48. The van der Waals surface area contributed by atoms with Crippen LogP contribution < -0.4 is 16.2 Å². The zero-order valence-electron chi connectivity index (χ0n) is 17.0. The summed E-state index contributed by atoms with van der Waals surface area (Å²) in [6, 6.07) is 2.91. The molecule has 0 spiro atoms. The molecule has 30 heavy (non-hydrogen) atoms. The Kier molecular flexibility index (Phi) is 6.19. The molecule has 1 aliphatic rings. The third kappa shape index (κ3) is 4.65. The SMILES string of the molecule is Cc1cc(C)c(CNC(=O)c2cc(Cl)c(CNC3CC(F)(F)C3)c(O)c2C)c(=O)[nH]1. The summed E-state index contributed by atoms with van der Waals surface area (Å²) in [6.07, 6.45) is -0.495. The molecule has 2 aromatic rings. The first-order chi connectivity index (χ1) is 14.0. The van der Waals surface area contributed by atoms with Gasteiger partial charge in [-0.25, -0.2) is 8.78 Å². The van der Waals surface area contributed by atoms with Gasteiger partial charge in [-0.15, -0.1) is 0 Å². The minimum Gasteiger partial charge on any atom is -0.507 e. The number of aryl methyl sites for hydroxylation is 2. The number of hydrogen-bond acceptors (Lipinski definition) is 4. The number of carbonyl (C=O) groups excluding carboxylic acids is 1. The van der Waals surface area contributed by atoms with Crippen molar-refractivity contribution in [1.82, 2.24) is 15.6 Å². The van der Waals surface area contributed by atoms with Gasteiger partial charge in [0.1, 0.15) is 5.75 Å². The maximum Gasteiger partial charge on any atom is 0.253 e. The van der Waals surface area contributed by atoms with Gasteiger partial charge in [0, 0.05) is 64.9 Å². The van der Waals surface area contributed by atoms with E-state index in [1.165, 1.54) is 6.07 Å². The van der Waals surface area contributed by atoms with Crippen LogP contribution in [0.4, 0.5) is 8.78 Å². The molecule has 0 bridgehead atoms.